The minimum absolute atomic E-state index is 0.342. The van der Waals surface area contributed by atoms with Crippen molar-refractivity contribution in [3.05, 3.63) is 64.4 Å². The van der Waals surface area contributed by atoms with Crippen molar-refractivity contribution in [3.8, 4) is 11.5 Å². The number of hydrogen-bond donors (Lipinski definition) is 0. The molecule has 2 aromatic carbocycles. The lowest BCUT2D eigenvalue weighted by atomic mass is 10.3. The zero-order chi connectivity index (χ0) is 19.3. The van der Waals surface area contributed by atoms with Gasteiger partial charge in [0.1, 0.15) is 18.1 Å². The Balaban J connectivity index is 1.34. The highest BCUT2D eigenvalue weighted by Gasteiger charge is 2.29. The summed E-state index contributed by atoms with van der Waals surface area (Å²) in [4.78, 5) is 0. The summed E-state index contributed by atoms with van der Waals surface area (Å²) >= 11 is 13.7. The van der Waals surface area contributed by atoms with Gasteiger partial charge in [-0.2, -0.15) is 0 Å². The van der Waals surface area contributed by atoms with Gasteiger partial charge in [0, 0.05) is 16.8 Å². The van der Waals surface area contributed by atoms with Crippen LogP contribution in [0, 0.1) is 0 Å². The second-order valence-corrected chi connectivity index (χ2v) is 8.28. The number of nitrogens with zero attached hydrogens (tertiary/aromatic N) is 3. The first-order valence-electron chi connectivity index (χ1n) is 9.03. The minimum Gasteiger partial charge on any atom is -0.493 e. The first-order chi connectivity index (χ1) is 13.7. The summed E-state index contributed by atoms with van der Waals surface area (Å²) in [7, 11) is 0. The predicted molar refractivity (Wildman–Crippen MR) is 112 cm³/mol. The highest BCUT2D eigenvalue weighted by atomic mass is 35.5. The van der Waals surface area contributed by atoms with Crippen LogP contribution < -0.4 is 9.47 Å². The average molecular weight is 436 g/mol. The van der Waals surface area contributed by atoms with E-state index in [0.717, 1.165) is 35.3 Å². The van der Waals surface area contributed by atoms with E-state index in [-0.39, 0.29) is 0 Å². The lowest BCUT2D eigenvalue weighted by Crippen LogP contribution is -2.08. The van der Waals surface area contributed by atoms with Crippen molar-refractivity contribution >= 4 is 35.0 Å². The van der Waals surface area contributed by atoms with Gasteiger partial charge in [-0.3, -0.25) is 0 Å². The molecular formula is C20H19Cl2N3O2S. The second-order valence-electron chi connectivity index (χ2n) is 6.37. The van der Waals surface area contributed by atoms with Gasteiger partial charge in [-0.05, 0) is 49.2 Å². The van der Waals surface area contributed by atoms with E-state index in [1.54, 1.807) is 11.8 Å². The summed E-state index contributed by atoms with van der Waals surface area (Å²) in [5.74, 6) is 3.06. The molecule has 0 radical (unpaired) electrons. The van der Waals surface area contributed by atoms with Gasteiger partial charge in [-0.1, -0.05) is 47.1 Å². The molecular weight excluding hydrogens is 417 g/mol. The molecule has 1 aromatic heterocycles. The third-order valence-electron chi connectivity index (χ3n) is 4.24. The maximum atomic E-state index is 6.16. The molecule has 1 saturated carbocycles. The fraction of sp³-hybridized carbons (Fsp3) is 0.300. The molecule has 5 nitrogen and oxygen atoms in total. The summed E-state index contributed by atoms with van der Waals surface area (Å²) in [6.07, 6.45) is 2.29. The topological polar surface area (TPSA) is 49.2 Å². The molecule has 0 N–H and O–H groups in total. The normalized spacial score (nSPS) is 13.5. The Morgan fingerprint density at radius 2 is 1.79 bits per heavy atom. The largest absolute Gasteiger partial charge is 0.493 e. The Morgan fingerprint density at radius 3 is 2.54 bits per heavy atom. The van der Waals surface area contributed by atoms with Gasteiger partial charge in [0.2, 0.25) is 0 Å². The van der Waals surface area contributed by atoms with Crippen LogP contribution in [-0.4, -0.2) is 27.1 Å². The van der Waals surface area contributed by atoms with Crippen LogP contribution >= 0.6 is 35.0 Å². The quantitative estimate of drug-likeness (QED) is 0.320. The van der Waals surface area contributed by atoms with Gasteiger partial charge >= 0.3 is 0 Å². The molecule has 4 rings (SSSR count). The third-order valence-corrected chi connectivity index (χ3v) is 5.71. The van der Waals surface area contributed by atoms with Crippen LogP contribution in [0.2, 0.25) is 10.0 Å². The monoisotopic (exact) mass is 435 g/mol. The van der Waals surface area contributed by atoms with Crippen LogP contribution in [0.4, 0.5) is 0 Å². The molecule has 1 fully saturated rings. The number of para-hydroxylation sites is 1. The molecule has 0 spiro atoms. The Bertz CT molecular complexity index is 929. The van der Waals surface area contributed by atoms with Crippen LogP contribution in [0.1, 0.15) is 24.7 Å². The number of hydrogen-bond acceptors (Lipinski definition) is 5. The van der Waals surface area contributed by atoms with E-state index in [1.807, 2.05) is 48.5 Å². The molecule has 0 saturated heterocycles. The lowest BCUT2D eigenvalue weighted by Gasteiger charge is -2.11. The number of ether oxygens (including phenoxy) is 2. The van der Waals surface area contributed by atoms with Crippen molar-refractivity contribution < 1.29 is 9.47 Å². The molecule has 0 atom stereocenters. The predicted octanol–water partition coefficient (Wildman–Crippen LogP) is 5.67. The zero-order valence-electron chi connectivity index (χ0n) is 15.1. The number of aromatic nitrogens is 3. The molecule has 0 unspecified atom stereocenters. The standard InChI is InChI=1S/C20H19Cl2N3O2S/c21-14-5-9-16(10-6-14)26-11-12-28-20-24-23-19(25(20)15-7-8-15)13-27-18-4-2-1-3-17(18)22/h1-6,9-10,15H,7-8,11-13H2. The van der Waals surface area contributed by atoms with E-state index in [9.17, 15) is 0 Å². The maximum Gasteiger partial charge on any atom is 0.191 e. The van der Waals surface area contributed by atoms with Gasteiger partial charge < -0.3 is 14.0 Å². The molecule has 8 heteroatoms. The smallest absolute Gasteiger partial charge is 0.191 e. The number of benzene rings is 2. The molecule has 0 aliphatic heterocycles. The Hall–Kier alpha value is -1.89. The zero-order valence-corrected chi connectivity index (χ0v) is 17.4. The van der Waals surface area contributed by atoms with E-state index in [2.05, 4.69) is 14.8 Å². The van der Waals surface area contributed by atoms with Crippen molar-refractivity contribution in [2.45, 2.75) is 30.6 Å². The molecule has 146 valence electrons. The third kappa shape index (κ3) is 4.93. The molecule has 28 heavy (non-hydrogen) atoms. The van der Waals surface area contributed by atoms with Crippen molar-refractivity contribution in [2.75, 3.05) is 12.4 Å². The first-order valence-corrected chi connectivity index (χ1v) is 10.8. The fourth-order valence-electron chi connectivity index (χ4n) is 2.73. The van der Waals surface area contributed by atoms with E-state index in [0.29, 0.717) is 35.1 Å². The van der Waals surface area contributed by atoms with E-state index in [1.165, 1.54) is 0 Å². The molecule has 1 aliphatic rings. The summed E-state index contributed by atoms with van der Waals surface area (Å²) < 4.78 is 13.8. The first kappa shape index (κ1) is 19.4. The van der Waals surface area contributed by atoms with Crippen molar-refractivity contribution in [1.29, 1.82) is 0 Å². The van der Waals surface area contributed by atoms with Gasteiger partial charge in [0.25, 0.3) is 0 Å². The Morgan fingerprint density at radius 1 is 1.00 bits per heavy atom. The summed E-state index contributed by atoms with van der Waals surface area (Å²) in [5.41, 5.74) is 0. The highest BCUT2D eigenvalue weighted by molar-refractivity contribution is 7.99. The summed E-state index contributed by atoms with van der Waals surface area (Å²) in [6.45, 7) is 0.921. The van der Waals surface area contributed by atoms with Crippen LogP contribution in [0.3, 0.4) is 0 Å². The van der Waals surface area contributed by atoms with Crippen molar-refractivity contribution in [3.63, 3.8) is 0 Å². The Kier molecular flexibility index (Phi) is 6.29. The Labute approximate surface area is 178 Å². The van der Waals surface area contributed by atoms with Crippen LogP contribution in [-0.2, 0) is 6.61 Å². The molecule has 1 heterocycles. The van der Waals surface area contributed by atoms with E-state index in [4.69, 9.17) is 32.7 Å². The fourth-order valence-corrected chi connectivity index (χ4v) is 3.89. The second kappa shape index (κ2) is 9.07. The number of rotatable bonds is 9. The van der Waals surface area contributed by atoms with E-state index >= 15 is 0 Å². The summed E-state index contributed by atoms with van der Waals surface area (Å²) in [6, 6.07) is 15.3. The average Bonchev–Trinajstić information content (AvgIpc) is 3.46. The lowest BCUT2D eigenvalue weighted by molar-refractivity contribution is 0.288. The van der Waals surface area contributed by atoms with Gasteiger partial charge in [-0.25, -0.2) is 0 Å². The molecule has 0 amide bonds. The maximum absolute atomic E-state index is 6.16. The van der Waals surface area contributed by atoms with Gasteiger partial charge in [0.05, 0.1) is 11.6 Å². The van der Waals surface area contributed by atoms with Crippen LogP contribution in [0.5, 0.6) is 11.5 Å². The van der Waals surface area contributed by atoms with E-state index < -0.39 is 0 Å². The highest BCUT2D eigenvalue weighted by Crippen LogP contribution is 2.39. The number of halogens is 2. The number of thioether (sulfide) groups is 1. The minimum atomic E-state index is 0.342. The SMILES string of the molecule is Clc1ccc(OCCSc2nnc(COc3ccccc3Cl)n2C2CC2)cc1. The van der Waals surface area contributed by atoms with Crippen LogP contribution in [0.25, 0.3) is 0 Å². The molecule has 3 aromatic rings. The van der Waals surface area contributed by atoms with Gasteiger partial charge in [-0.15, -0.1) is 10.2 Å². The molecule has 0 bridgehead atoms. The summed E-state index contributed by atoms with van der Waals surface area (Å²) in [5, 5.41) is 10.9. The van der Waals surface area contributed by atoms with Crippen LogP contribution in [0.15, 0.2) is 53.7 Å². The molecule has 1 aliphatic carbocycles. The van der Waals surface area contributed by atoms with Crippen molar-refractivity contribution in [1.82, 2.24) is 14.8 Å². The van der Waals surface area contributed by atoms with Crippen molar-refractivity contribution in [2.24, 2.45) is 0 Å². The van der Waals surface area contributed by atoms with Gasteiger partial charge in [0.15, 0.2) is 11.0 Å².